The van der Waals surface area contributed by atoms with Crippen LogP contribution in [0.25, 0.3) is 0 Å². The number of hydrogen-bond donors (Lipinski definition) is 1. The molecular weight excluding hydrogens is 168 g/mol. The van der Waals surface area contributed by atoms with Crippen LogP contribution in [0.5, 0.6) is 0 Å². The van der Waals surface area contributed by atoms with Gasteiger partial charge in [0.1, 0.15) is 0 Å². The molecule has 1 N–H and O–H groups in total. The van der Waals surface area contributed by atoms with Crippen LogP contribution >= 0.6 is 0 Å². The maximum absolute atomic E-state index is 11.9. The van der Waals surface area contributed by atoms with E-state index in [9.17, 15) is 13.6 Å². The van der Waals surface area contributed by atoms with Crippen molar-refractivity contribution in [1.82, 2.24) is 5.32 Å². The predicted molar refractivity (Wildman–Crippen MR) is 40.2 cm³/mol. The Kier molecular flexibility index (Phi) is 4.54. The minimum Gasteiger partial charge on any atom is -0.447 e. The molecule has 0 radical (unpaired) electrons. The zero-order valence-corrected chi connectivity index (χ0v) is 7.30. The Morgan fingerprint density at radius 3 is 2.17 bits per heavy atom. The molecule has 0 aliphatic carbocycles. The number of alkyl halides is 2. The zero-order valence-electron chi connectivity index (χ0n) is 7.30. The lowest BCUT2D eigenvalue weighted by Gasteiger charge is -2.14. The van der Waals surface area contributed by atoms with Crippen molar-refractivity contribution in [3.63, 3.8) is 0 Å². The summed E-state index contributed by atoms with van der Waals surface area (Å²) >= 11 is 0. The van der Waals surface area contributed by atoms with Crippen LogP contribution in [0.15, 0.2) is 0 Å². The molecule has 5 heteroatoms. The van der Waals surface area contributed by atoms with Gasteiger partial charge in [-0.1, -0.05) is 0 Å². The largest absolute Gasteiger partial charge is 0.447 e. The van der Waals surface area contributed by atoms with Crippen molar-refractivity contribution in [1.29, 1.82) is 0 Å². The predicted octanol–water partition coefficient (Wildman–Crippen LogP) is 1.77. The number of alkyl carbamates (subject to hydrolysis) is 1. The summed E-state index contributed by atoms with van der Waals surface area (Å²) in [6.07, 6.45) is -3.67. The van der Waals surface area contributed by atoms with Gasteiger partial charge in [0.05, 0.1) is 12.1 Å². The molecule has 0 aromatic heterocycles. The molecule has 0 unspecified atom stereocenters. The molecule has 0 aromatic carbocycles. The van der Waals surface area contributed by atoms with Gasteiger partial charge in [-0.05, 0) is 20.8 Å². The van der Waals surface area contributed by atoms with Crippen molar-refractivity contribution in [3.8, 4) is 0 Å². The van der Waals surface area contributed by atoms with E-state index >= 15 is 0 Å². The molecule has 0 spiro atoms. The molecule has 0 bridgehead atoms. The number of rotatable bonds is 3. The summed E-state index contributed by atoms with van der Waals surface area (Å²) < 4.78 is 28.3. The van der Waals surface area contributed by atoms with Gasteiger partial charge in [-0.15, -0.1) is 0 Å². The van der Waals surface area contributed by atoms with E-state index in [1.807, 2.05) is 5.32 Å². The average molecular weight is 181 g/mol. The molecule has 1 atom stereocenters. The summed E-state index contributed by atoms with van der Waals surface area (Å²) in [7, 11) is 0. The number of carbonyl (C=O) groups is 1. The minimum atomic E-state index is -2.57. The molecular formula is C7H13F2NO2. The van der Waals surface area contributed by atoms with E-state index in [-0.39, 0.29) is 6.10 Å². The molecule has 0 aliphatic heterocycles. The van der Waals surface area contributed by atoms with E-state index < -0.39 is 18.6 Å². The van der Waals surface area contributed by atoms with Gasteiger partial charge in [0.15, 0.2) is 0 Å². The lowest BCUT2D eigenvalue weighted by molar-refractivity contribution is 0.0799. The topological polar surface area (TPSA) is 38.3 Å². The molecule has 0 rings (SSSR count). The molecule has 0 saturated heterocycles. The normalized spacial score (nSPS) is 13.2. The Hall–Kier alpha value is -0.870. The van der Waals surface area contributed by atoms with Crippen LogP contribution in [0.4, 0.5) is 13.6 Å². The first kappa shape index (κ1) is 11.1. The lowest BCUT2D eigenvalue weighted by Crippen LogP contribution is -2.38. The highest BCUT2D eigenvalue weighted by molar-refractivity contribution is 5.67. The number of amides is 1. The fraction of sp³-hybridized carbons (Fsp3) is 0.857. The van der Waals surface area contributed by atoms with Gasteiger partial charge >= 0.3 is 6.09 Å². The van der Waals surface area contributed by atoms with Crippen molar-refractivity contribution < 1.29 is 18.3 Å². The average Bonchev–Trinajstić information content (AvgIpc) is 1.84. The summed E-state index contributed by atoms with van der Waals surface area (Å²) in [6.45, 7) is 4.51. The summed E-state index contributed by atoms with van der Waals surface area (Å²) in [4.78, 5) is 10.7. The first-order valence-electron chi connectivity index (χ1n) is 3.68. The van der Waals surface area contributed by atoms with Gasteiger partial charge in [0.25, 0.3) is 6.43 Å². The van der Waals surface area contributed by atoms with Gasteiger partial charge in [-0.3, -0.25) is 0 Å². The van der Waals surface area contributed by atoms with E-state index in [0.717, 1.165) is 0 Å². The minimum absolute atomic E-state index is 0.296. The third-order valence-corrected chi connectivity index (χ3v) is 1.07. The molecule has 3 nitrogen and oxygen atoms in total. The smallest absolute Gasteiger partial charge is 0.407 e. The number of ether oxygens (including phenoxy) is 1. The summed E-state index contributed by atoms with van der Waals surface area (Å²) in [5, 5.41) is 2.00. The van der Waals surface area contributed by atoms with Gasteiger partial charge in [0.2, 0.25) is 0 Å². The van der Waals surface area contributed by atoms with Crippen molar-refractivity contribution >= 4 is 6.09 Å². The summed E-state index contributed by atoms with van der Waals surface area (Å²) in [5.41, 5.74) is 0. The second kappa shape index (κ2) is 4.90. The van der Waals surface area contributed by atoms with Crippen LogP contribution in [0, 0.1) is 0 Å². The Morgan fingerprint density at radius 2 is 1.83 bits per heavy atom. The molecule has 0 heterocycles. The third kappa shape index (κ3) is 4.87. The molecule has 0 aromatic rings. The second-order valence-electron chi connectivity index (χ2n) is 2.72. The maximum Gasteiger partial charge on any atom is 0.407 e. The standard InChI is InChI=1S/C7H13F2NO2/c1-4(2)12-7(11)10-5(3)6(8)9/h4-6H,1-3H3,(H,10,11)/t5-/m0/s1. The second-order valence-corrected chi connectivity index (χ2v) is 2.72. The quantitative estimate of drug-likeness (QED) is 0.720. The van der Waals surface area contributed by atoms with Crippen LogP contribution in [0.2, 0.25) is 0 Å². The van der Waals surface area contributed by atoms with E-state index in [1.54, 1.807) is 13.8 Å². The van der Waals surface area contributed by atoms with E-state index in [0.29, 0.717) is 0 Å². The van der Waals surface area contributed by atoms with Crippen LogP contribution in [-0.2, 0) is 4.74 Å². The van der Waals surface area contributed by atoms with Crippen molar-refractivity contribution in [2.24, 2.45) is 0 Å². The van der Waals surface area contributed by atoms with Crippen LogP contribution in [0.3, 0.4) is 0 Å². The molecule has 0 fully saturated rings. The number of halogens is 2. The van der Waals surface area contributed by atoms with Gasteiger partial charge in [-0.25, -0.2) is 13.6 Å². The summed E-state index contributed by atoms with van der Waals surface area (Å²) in [6, 6.07) is -1.17. The molecule has 1 amide bonds. The molecule has 0 aliphatic rings. The van der Waals surface area contributed by atoms with E-state index in [4.69, 9.17) is 0 Å². The Labute approximate surface area is 70.1 Å². The van der Waals surface area contributed by atoms with E-state index in [1.165, 1.54) is 6.92 Å². The highest BCUT2D eigenvalue weighted by Crippen LogP contribution is 2.00. The molecule has 72 valence electrons. The first-order chi connectivity index (χ1) is 5.43. The highest BCUT2D eigenvalue weighted by atomic mass is 19.3. The zero-order chi connectivity index (χ0) is 9.72. The van der Waals surface area contributed by atoms with Crippen LogP contribution in [-0.4, -0.2) is 24.7 Å². The fourth-order valence-corrected chi connectivity index (χ4v) is 0.497. The third-order valence-electron chi connectivity index (χ3n) is 1.07. The van der Waals surface area contributed by atoms with E-state index in [2.05, 4.69) is 4.74 Å². The van der Waals surface area contributed by atoms with Crippen molar-refractivity contribution in [3.05, 3.63) is 0 Å². The lowest BCUT2D eigenvalue weighted by atomic mass is 10.4. The Bertz CT molecular complexity index is 150. The van der Waals surface area contributed by atoms with Crippen LogP contribution < -0.4 is 5.32 Å². The number of nitrogens with one attached hydrogen (secondary N) is 1. The van der Waals surface area contributed by atoms with Crippen molar-refractivity contribution in [2.75, 3.05) is 0 Å². The van der Waals surface area contributed by atoms with Gasteiger partial charge in [0, 0.05) is 0 Å². The number of hydrogen-bond acceptors (Lipinski definition) is 2. The Balaban J connectivity index is 3.69. The Morgan fingerprint density at radius 1 is 1.33 bits per heavy atom. The number of carbonyl (C=O) groups excluding carboxylic acids is 1. The highest BCUT2D eigenvalue weighted by Gasteiger charge is 2.17. The molecule has 0 saturated carbocycles. The summed E-state index contributed by atoms with van der Waals surface area (Å²) in [5.74, 6) is 0. The maximum atomic E-state index is 11.9. The SMILES string of the molecule is CC(C)OC(=O)N[C@@H](C)C(F)F. The van der Waals surface area contributed by atoms with Crippen molar-refractivity contribution in [2.45, 2.75) is 39.3 Å². The van der Waals surface area contributed by atoms with Gasteiger partial charge in [-0.2, -0.15) is 0 Å². The fourth-order valence-electron chi connectivity index (χ4n) is 0.497. The van der Waals surface area contributed by atoms with Crippen LogP contribution in [0.1, 0.15) is 20.8 Å². The van der Waals surface area contributed by atoms with Gasteiger partial charge < -0.3 is 10.1 Å². The first-order valence-corrected chi connectivity index (χ1v) is 3.68. The molecule has 12 heavy (non-hydrogen) atoms. The monoisotopic (exact) mass is 181 g/mol.